The van der Waals surface area contributed by atoms with Crippen LogP contribution >= 0.6 is 0 Å². The Kier molecular flexibility index (Phi) is 2.50. The second-order valence-corrected chi connectivity index (χ2v) is 3.48. The Bertz CT molecular complexity index is 349. The molecule has 2 rings (SSSR count). The van der Waals surface area contributed by atoms with Crippen LogP contribution in [-0.4, -0.2) is 16.6 Å². The third-order valence-corrected chi connectivity index (χ3v) is 2.07. The number of nitrogens with zero attached hydrogens (tertiary/aromatic N) is 2. The monoisotopic (exact) mass is 218 g/mol. The van der Waals surface area contributed by atoms with E-state index >= 15 is 0 Å². The van der Waals surface area contributed by atoms with Crippen molar-refractivity contribution >= 4 is 0 Å². The predicted octanol–water partition coefficient (Wildman–Crippen LogP) is 2.28. The molecular formula is C9H9F3N2O. The lowest BCUT2D eigenvalue weighted by molar-refractivity contribution is -0.141. The summed E-state index contributed by atoms with van der Waals surface area (Å²) >= 11 is 0. The highest BCUT2D eigenvalue weighted by molar-refractivity contribution is 5.08. The normalized spacial score (nSPS) is 16.5. The zero-order valence-corrected chi connectivity index (χ0v) is 7.79. The summed E-state index contributed by atoms with van der Waals surface area (Å²) in [6, 6.07) is 0.626. The van der Waals surface area contributed by atoms with E-state index in [0.717, 1.165) is 25.1 Å². The van der Waals surface area contributed by atoms with E-state index in [1.54, 1.807) is 0 Å². The molecule has 1 fully saturated rings. The summed E-state index contributed by atoms with van der Waals surface area (Å²) in [6.07, 6.45) is -1.25. The fraction of sp³-hybridized carbons (Fsp3) is 0.556. The van der Waals surface area contributed by atoms with Crippen LogP contribution in [0.15, 0.2) is 12.3 Å². The molecule has 0 saturated heterocycles. The smallest absolute Gasteiger partial charge is 0.433 e. The molecule has 3 nitrogen and oxygen atoms in total. The molecule has 15 heavy (non-hydrogen) atoms. The van der Waals surface area contributed by atoms with Crippen molar-refractivity contribution in [1.82, 2.24) is 9.97 Å². The molecule has 1 saturated carbocycles. The zero-order chi connectivity index (χ0) is 10.9. The van der Waals surface area contributed by atoms with Gasteiger partial charge in [-0.05, 0) is 24.8 Å². The fourth-order valence-corrected chi connectivity index (χ4v) is 1.05. The van der Waals surface area contributed by atoms with Crippen LogP contribution in [0.25, 0.3) is 0 Å². The minimum absolute atomic E-state index is 0.197. The van der Waals surface area contributed by atoms with E-state index < -0.39 is 11.9 Å². The zero-order valence-electron chi connectivity index (χ0n) is 7.79. The van der Waals surface area contributed by atoms with Crippen molar-refractivity contribution < 1.29 is 17.9 Å². The molecule has 0 atom stereocenters. The van der Waals surface area contributed by atoms with Crippen molar-refractivity contribution in [1.29, 1.82) is 0 Å². The van der Waals surface area contributed by atoms with Crippen LogP contribution < -0.4 is 4.74 Å². The molecule has 1 aliphatic carbocycles. The molecule has 0 amide bonds. The van der Waals surface area contributed by atoms with Crippen molar-refractivity contribution in [3.63, 3.8) is 0 Å². The number of hydrogen-bond donors (Lipinski definition) is 0. The van der Waals surface area contributed by atoms with Gasteiger partial charge in [-0.2, -0.15) is 18.2 Å². The lowest BCUT2D eigenvalue weighted by Crippen LogP contribution is -2.10. The van der Waals surface area contributed by atoms with E-state index in [-0.39, 0.29) is 6.01 Å². The molecule has 1 aliphatic rings. The SMILES string of the molecule is FC(F)(F)c1ccnc(OCC2CC2)n1. The van der Waals surface area contributed by atoms with E-state index in [9.17, 15) is 13.2 Å². The first kappa shape index (κ1) is 10.2. The van der Waals surface area contributed by atoms with Gasteiger partial charge in [0.2, 0.25) is 0 Å². The van der Waals surface area contributed by atoms with Gasteiger partial charge in [0.1, 0.15) is 0 Å². The molecule has 1 aromatic heterocycles. The standard InChI is InChI=1S/C9H9F3N2O/c10-9(11,12)7-3-4-13-8(14-7)15-5-6-1-2-6/h3-4,6H,1-2,5H2. The average molecular weight is 218 g/mol. The Hall–Kier alpha value is -1.33. The van der Waals surface area contributed by atoms with Crippen molar-refractivity contribution in [3.05, 3.63) is 18.0 Å². The molecular weight excluding hydrogens is 209 g/mol. The fourth-order valence-electron chi connectivity index (χ4n) is 1.05. The second-order valence-electron chi connectivity index (χ2n) is 3.48. The predicted molar refractivity (Wildman–Crippen MR) is 45.3 cm³/mol. The van der Waals surface area contributed by atoms with Crippen molar-refractivity contribution in [2.75, 3.05) is 6.61 Å². The Morgan fingerprint density at radius 1 is 1.40 bits per heavy atom. The highest BCUT2D eigenvalue weighted by atomic mass is 19.4. The van der Waals surface area contributed by atoms with Crippen molar-refractivity contribution in [2.45, 2.75) is 19.0 Å². The lowest BCUT2D eigenvalue weighted by atomic mass is 10.4. The summed E-state index contributed by atoms with van der Waals surface area (Å²) in [5.74, 6) is 0.461. The van der Waals surface area contributed by atoms with Crippen molar-refractivity contribution in [2.24, 2.45) is 5.92 Å². The Morgan fingerprint density at radius 2 is 2.13 bits per heavy atom. The summed E-state index contributed by atoms with van der Waals surface area (Å²) in [5, 5.41) is 0. The van der Waals surface area contributed by atoms with Gasteiger partial charge in [0.15, 0.2) is 5.69 Å². The van der Waals surface area contributed by atoms with Gasteiger partial charge >= 0.3 is 12.2 Å². The molecule has 1 aromatic rings. The van der Waals surface area contributed by atoms with E-state index in [1.807, 2.05) is 0 Å². The summed E-state index contributed by atoms with van der Waals surface area (Å²) in [4.78, 5) is 6.90. The van der Waals surface area contributed by atoms with Crippen LogP contribution in [0.1, 0.15) is 18.5 Å². The van der Waals surface area contributed by atoms with Crippen LogP contribution in [-0.2, 0) is 6.18 Å². The van der Waals surface area contributed by atoms with Gasteiger partial charge in [-0.1, -0.05) is 0 Å². The highest BCUT2D eigenvalue weighted by Crippen LogP contribution is 2.30. The first-order valence-electron chi connectivity index (χ1n) is 4.59. The van der Waals surface area contributed by atoms with Gasteiger partial charge in [0.05, 0.1) is 6.61 Å². The molecule has 82 valence electrons. The van der Waals surface area contributed by atoms with Crippen LogP contribution in [0.3, 0.4) is 0 Å². The number of rotatable bonds is 3. The number of aromatic nitrogens is 2. The molecule has 0 radical (unpaired) electrons. The van der Waals surface area contributed by atoms with Gasteiger partial charge in [-0.3, -0.25) is 0 Å². The van der Waals surface area contributed by atoms with E-state index in [1.165, 1.54) is 0 Å². The van der Waals surface area contributed by atoms with Gasteiger partial charge in [0, 0.05) is 6.20 Å². The minimum Gasteiger partial charge on any atom is -0.463 e. The second kappa shape index (κ2) is 3.67. The number of hydrogen-bond acceptors (Lipinski definition) is 3. The summed E-state index contributed by atoms with van der Waals surface area (Å²) in [7, 11) is 0. The molecule has 0 aromatic carbocycles. The molecule has 0 aliphatic heterocycles. The van der Waals surface area contributed by atoms with Crippen LogP contribution in [0.4, 0.5) is 13.2 Å². The van der Waals surface area contributed by atoms with Crippen LogP contribution in [0.2, 0.25) is 0 Å². The maximum Gasteiger partial charge on any atom is 0.433 e. The Morgan fingerprint density at radius 3 is 2.73 bits per heavy atom. The quantitative estimate of drug-likeness (QED) is 0.780. The molecule has 6 heteroatoms. The largest absolute Gasteiger partial charge is 0.463 e. The topological polar surface area (TPSA) is 35.0 Å². The van der Waals surface area contributed by atoms with Gasteiger partial charge in [-0.25, -0.2) is 4.98 Å². The van der Waals surface area contributed by atoms with E-state index in [4.69, 9.17) is 4.74 Å². The van der Waals surface area contributed by atoms with Crippen LogP contribution in [0, 0.1) is 5.92 Å². The molecule has 0 bridgehead atoms. The molecule has 0 N–H and O–H groups in total. The van der Waals surface area contributed by atoms with Gasteiger partial charge in [0.25, 0.3) is 0 Å². The maximum atomic E-state index is 12.2. The third kappa shape index (κ3) is 2.81. The summed E-state index contributed by atoms with van der Waals surface area (Å²) in [5.41, 5.74) is -0.969. The average Bonchev–Trinajstić information content (AvgIpc) is 2.97. The van der Waals surface area contributed by atoms with E-state index in [0.29, 0.717) is 12.5 Å². The lowest BCUT2D eigenvalue weighted by Gasteiger charge is -2.07. The number of ether oxygens (including phenoxy) is 1. The Labute approximate surface area is 84.3 Å². The molecule has 0 spiro atoms. The molecule has 1 heterocycles. The third-order valence-electron chi connectivity index (χ3n) is 2.07. The van der Waals surface area contributed by atoms with Gasteiger partial charge < -0.3 is 4.74 Å². The van der Waals surface area contributed by atoms with Crippen molar-refractivity contribution in [3.8, 4) is 6.01 Å². The number of alkyl halides is 3. The maximum absolute atomic E-state index is 12.2. The highest BCUT2D eigenvalue weighted by Gasteiger charge is 2.33. The van der Waals surface area contributed by atoms with Crippen LogP contribution in [0.5, 0.6) is 6.01 Å². The van der Waals surface area contributed by atoms with Gasteiger partial charge in [-0.15, -0.1) is 0 Å². The summed E-state index contributed by atoms with van der Waals surface area (Å²) in [6.45, 7) is 0.404. The first-order valence-corrected chi connectivity index (χ1v) is 4.59. The minimum atomic E-state index is -4.44. The summed E-state index contributed by atoms with van der Waals surface area (Å²) < 4.78 is 41.7. The Balaban J connectivity index is 2.04. The molecule has 0 unspecified atom stereocenters. The van der Waals surface area contributed by atoms with E-state index in [2.05, 4.69) is 9.97 Å². The first-order chi connectivity index (χ1) is 7.05. The number of halogens is 3.